The first kappa shape index (κ1) is 25.4. The van der Waals surface area contributed by atoms with Gasteiger partial charge in [0, 0.05) is 11.4 Å². The van der Waals surface area contributed by atoms with Gasteiger partial charge in [-0.3, -0.25) is 4.79 Å². The van der Waals surface area contributed by atoms with Crippen molar-refractivity contribution in [2.75, 3.05) is 20.2 Å². The molecule has 178 valence electrons. The molecule has 5 nitrogen and oxygen atoms in total. The van der Waals surface area contributed by atoms with Gasteiger partial charge in [-0.25, -0.2) is 4.39 Å². The van der Waals surface area contributed by atoms with Gasteiger partial charge in [0.15, 0.2) is 0 Å². The molecule has 1 aliphatic heterocycles. The molecule has 0 aromatic heterocycles. The van der Waals surface area contributed by atoms with Gasteiger partial charge in [-0.05, 0) is 54.8 Å². The fourth-order valence-electron chi connectivity index (χ4n) is 4.30. The van der Waals surface area contributed by atoms with E-state index in [1.165, 1.54) is 18.0 Å². The Bertz CT molecular complexity index is 1100. The zero-order valence-corrected chi connectivity index (χ0v) is 19.8. The van der Waals surface area contributed by atoms with Crippen molar-refractivity contribution < 1.29 is 18.7 Å². The van der Waals surface area contributed by atoms with E-state index in [1.807, 2.05) is 48.5 Å². The molecule has 1 heterocycles. The number of fused-ring (bicyclic) bond motifs is 2. The van der Waals surface area contributed by atoms with Crippen LogP contribution in [0.5, 0.6) is 5.75 Å². The molecule has 1 aliphatic carbocycles. The molecule has 0 spiro atoms. The third kappa shape index (κ3) is 5.64. The molecular weight excluding hydrogens is 455 g/mol. The van der Waals surface area contributed by atoms with E-state index in [2.05, 4.69) is 5.73 Å². The van der Waals surface area contributed by atoms with Crippen LogP contribution in [-0.2, 0) is 17.6 Å². The molecule has 0 saturated carbocycles. The Kier molecular flexibility index (Phi) is 9.19. The van der Waals surface area contributed by atoms with Crippen LogP contribution >= 0.6 is 11.6 Å². The molecule has 0 fully saturated rings. The van der Waals surface area contributed by atoms with Crippen molar-refractivity contribution in [1.29, 1.82) is 0 Å². The van der Waals surface area contributed by atoms with Crippen LogP contribution in [0.4, 0.5) is 4.39 Å². The lowest BCUT2D eigenvalue weighted by molar-refractivity contribution is -0.108. The van der Waals surface area contributed by atoms with Gasteiger partial charge in [0.1, 0.15) is 17.9 Å². The number of carbonyl (C=O) groups excluding carboxylic acids is 2. The van der Waals surface area contributed by atoms with Crippen molar-refractivity contribution in [2.45, 2.75) is 25.3 Å². The molecule has 2 aliphatic rings. The minimum absolute atomic E-state index is 0.0687. The van der Waals surface area contributed by atoms with Gasteiger partial charge >= 0.3 is 0 Å². The van der Waals surface area contributed by atoms with E-state index in [-0.39, 0.29) is 29.3 Å². The van der Waals surface area contributed by atoms with Gasteiger partial charge in [0.25, 0.3) is 5.91 Å². The average Bonchev–Trinajstić information content (AvgIpc) is 3.52. The fraction of sp³-hybridized carbons (Fsp3) is 0.259. The summed E-state index contributed by atoms with van der Waals surface area (Å²) in [6.45, 7) is 0.473. The number of halogens is 2. The monoisotopic (exact) mass is 482 g/mol. The third-order valence-electron chi connectivity index (χ3n) is 5.74. The molecule has 1 atom stereocenters. The molecule has 3 aromatic carbocycles. The van der Waals surface area contributed by atoms with E-state index in [9.17, 15) is 14.0 Å². The molecular formula is C27H28ClFN2O3. The summed E-state index contributed by atoms with van der Waals surface area (Å²) in [5.41, 5.74) is 7.18. The van der Waals surface area contributed by atoms with E-state index >= 15 is 0 Å². The fourth-order valence-corrected chi connectivity index (χ4v) is 4.51. The molecule has 0 radical (unpaired) electrons. The predicted octanol–water partition coefficient (Wildman–Crippen LogP) is 5.00. The highest BCUT2D eigenvalue weighted by Crippen LogP contribution is 2.40. The summed E-state index contributed by atoms with van der Waals surface area (Å²) in [5, 5.41) is 0.288. The van der Waals surface area contributed by atoms with E-state index in [1.54, 1.807) is 12.1 Å². The van der Waals surface area contributed by atoms with Crippen LogP contribution in [0.1, 0.15) is 39.5 Å². The maximum absolute atomic E-state index is 14.2. The Balaban J connectivity index is 0.000000348. The maximum Gasteiger partial charge on any atom is 0.258 e. The standard InChI is InChI=1S/C20H17ClFNO3.C6H6.CH5N/c21-13-10-16-14(17(22)11-13)4-5-18(16)23(7-8-24)20(25)15-3-1-2-12-6-9-26-19(12)15;1-2-4-6-5-3-1;1-2/h1-3,8,10-11,18H,4-7,9H2;1-6H;2H2,1H3. The summed E-state index contributed by atoms with van der Waals surface area (Å²) in [4.78, 5) is 26.0. The van der Waals surface area contributed by atoms with Crippen molar-refractivity contribution in [3.63, 3.8) is 0 Å². The highest BCUT2D eigenvalue weighted by molar-refractivity contribution is 6.30. The van der Waals surface area contributed by atoms with Crippen LogP contribution in [0, 0.1) is 5.82 Å². The number of hydrogen-bond acceptors (Lipinski definition) is 4. The number of hydrogen-bond donors (Lipinski definition) is 1. The number of ether oxygens (including phenoxy) is 1. The number of carbonyl (C=O) groups is 2. The number of para-hydroxylation sites is 1. The first-order chi connectivity index (χ1) is 16.6. The average molecular weight is 483 g/mol. The Morgan fingerprint density at radius 1 is 1.12 bits per heavy atom. The Hall–Kier alpha value is -3.22. The number of nitrogens with two attached hydrogens (primary N) is 1. The molecule has 3 aromatic rings. The lowest BCUT2D eigenvalue weighted by Gasteiger charge is -2.28. The zero-order chi connectivity index (χ0) is 24.5. The van der Waals surface area contributed by atoms with E-state index in [0.717, 1.165) is 12.0 Å². The van der Waals surface area contributed by atoms with Crippen LogP contribution in [0.3, 0.4) is 0 Å². The molecule has 5 rings (SSSR count). The first-order valence-electron chi connectivity index (χ1n) is 11.1. The summed E-state index contributed by atoms with van der Waals surface area (Å²) < 4.78 is 19.8. The Morgan fingerprint density at radius 2 is 1.79 bits per heavy atom. The number of benzene rings is 3. The van der Waals surface area contributed by atoms with Crippen molar-refractivity contribution in [2.24, 2.45) is 5.73 Å². The van der Waals surface area contributed by atoms with Gasteiger partial charge in [0.2, 0.25) is 0 Å². The zero-order valence-electron chi connectivity index (χ0n) is 19.0. The second-order valence-corrected chi connectivity index (χ2v) is 8.12. The summed E-state index contributed by atoms with van der Waals surface area (Å²) in [6.07, 6.45) is 2.52. The number of rotatable bonds is 4. The molecule has 2 N–H and O–H groups in total. The van der Waals surface area contributed by atoms with Crippen LogP contribution in [0.25, 0.3) is 0 Å². The molecule has 0 saturated heterocycles. The quantitative estimate of drug-likeness (QED) is 0.531. The van der Waals surface area contributed by atoms with Crippen LogP contribution in [0.2, 0.25) is 5.02 Å². The van der Waals surface area contributed by atoms with Crippen molar-refractivity contribution in [1.82, 2.24) is 4.90 Å². The van der Waals surface area contributed by atoms with Crippen LogP contribution in [-0.4, -0.2) is 37.3 Å². The van der Waals surface area contributed by atoms with Crippen molar-refractivity contribution in [3.05, 3.63) is 99.8 Å². The molecule has 0 bridgehead atoms. The topological polar surface area (TPSA) is 72.6 Å². The highest BCUT2D eigenvalue weighted by atomic mass is 35.5. The Morgan fingerprint density at radius 3 is 2.44 bits per heavy atom. The largest absolute Gasteiger partial charge is 0.492 e. The maximum atomic E-state index is 14.2. The van der Waals surface area contributed by atoms with Gasteiger partial charge in [-0.15, -0.1) is 0 Å². The predicted molar refractivity (Wildman–Crippen MR) is 132 cm³/mol. The smallest absolute Gasteiger partial charge is 0.258 e. The summed E-state index contributed by atoms with van der Waals surface area (Å²) in [7, 11) is 1.50. The molecule has 1 unspecified atom stereocenters. The van der Waals surface area contributed by atoms with Crippen molar-refractivity contribution in [3.8, 4) is 5.75 Å². The van der Waals surface area contributed by atoms with Crippen LogP contribution < -0.4 is 10.5 Å². The third-order valence-corrected chi connectivity index (χ3v) is 5.96. The lowest BCUT2D eigenvalue weighted by atomic mass is 10.0. The van der Waals surface area contributed by atoms with Gasteiger partial charge < -0.3 is 20.2 Å². The van der Waals surface area contributed by atoms with Gasteiger partial charge in [-0.1, -0.05) is 60.1 Å². The summed E-state index contributed by atoms with van der Waals surface area (Å²) in [6, 6.07) is 20.1. The number of aldehydes is 1. The van der Waals surface area contributed by atoms with E-state index in [0.29, 0.717) is 48.2 Å². The molecule has 34 heavy (non-hydrogen) atoms. The number of amides is 1. The second-order valence-electron chi connectivity index (χ2n) is 7.68. The SMILES string of the molecule is CN.O=CCN(C(=O)c1cccc2c1OCC2)C1CCc2c(F)cc(Cl)cc21.c1ccccc1. The number of nitrogens with zero attached hydrogens (tertiary/aromatic N) is 1. The minimum Gasteiger partial charge on any atom is -0.492 e. The molecule has 7 heteroatoms. The summed E-state index contributed by atoms with van der Waals surface area (Å²) >= 11 is 6.02. The van der Waals surface area contributed by atoms with E-state index < -0.39 is 0 Å². The van der Waals surface area contributed by atoms with E-state index in [4.69, 9.17) is 16.3 Å². The van der Waals surface area contributed by atoms with Crippen molar-refractivity contribution >= 4 is 23.8 Å². The van der Waals surface area contributed by atoms with Gasteiger partial charge in [0.05, 0.1) is 24.8 Å². The van der Waals surface area contributed by atoms with Crippen LogP contribution in [0.15, 0.2) is 66.7 Å². The highest BCUT2D eigenvalue weighted by Gasteiger charge is 2.35. The Labute approximate surface area is 204 Å². The summed E-state index contributed by atoms with van der Waals surface area (Å²) in [5.74, 6) is -0.0598. The lowest BCUT2D eigenvalue weighted by Crippen LogP contribution is -2.35. The normalized spacial score (nSPS) is 14.9. The minimum atomic E-state index is -0.381. The first-order valence-corrected chi connectivity index (χ1v) is 11.5. The second kappa shape index (κ2) is 12.3. The van der Waals surface area contributed by atoms with Gasteiger partial charge in [-0.2, -0.15) is 0 Å². The molecule has 1 amide bonds.